The molecule has 0 saturated heterocycles. The van der Waals surface area contributed by atoms with E-state index in [2.05, 4.69) is 49.6 Å². The molecule has 3 heterocycles. The summed E-state index contributed by atoms with van der Waals surface area (Å²) in [7, 11) is 0. The summed E-state index contributed by atoms with van der Waals surface area (Å²) in [6.07, 6.45) is 1.64. The number of hydrogen-bond donors (Lipinski definition) is 0. The highest BCUT2D eigenvalue weighted by molar-refractivity contribution is 6.13. The van der Waals surface area contributed by atoms with E-state index in [-0.39, 0.29) is 0 Å². The van der Waals surface area contributed by atoms with Crippen molar-refractivity contribution in [3.05, 3.63) is 88.5 Å². The van der Waals surface area contributed by atoms with Gasteiger partial charge in [-0.15, -0.1) is 0 Å². The van der Waals surface area contributed by atoms with E-state index in [1.807, 2.05) is 37.3 Å². The maximum Gasteiger partial charge on any atom is 0.169 e. The molecule has 0 aliphatic heterocycles. The van der Waals surface area contributed by atoms with E-state index in [9.17, 15) is 9.59 Å². The van der Waals surface area contributed by atoms with Crippen molar-refractivity contribution in [1.29, 1.82) is 0 Å². The molecule has 5 heteroatoms. The van der Waals surface area contributed by atoms with Crippen LogP contribution in [0.2, 0.25) is 0 Å². The van der Waals surface area contributed by atoms with Gasteiger partial charge >= 0.3 is 0 Å². The van der Waals surface area contributed by atoms with Crippen LogP contribution in [0.4, 0.5) is 0 Å². The van der Waals surface area contributed by atoms with Crippen molar-refractivity contribution in [1.82, 2.24) is 14.2 Å². The average molecular weight is 422 g/mol. The number of nitrogens with zero attached hydrogens (tertiary/aromatic N) is 3. The van der Waals surface area contributed by atoms with Crippen molar-refractivity contribution >= 4 is 28.9 Å². The largest absolute Gasteiger partial charge is 0.317 e. The molecule has 5 nitrogen and oxygen atoms in total. The van der Waals surface area contributed by atoms with Crippen molar-refractivity contribution < 1.29 is 9.59 Å². The first kappa shape index (κ1) is 19.9. The molecule has 158 valence electrons. The Morgan fingerprint density at radius 3 is 2.06 bits per heavy atom. The van der Waals surface area contributed by atoms with Gasteiger partial charge in [-0.2, -0.15) is 5.10 Å². The molecule has 5 rings (SSSR count). The number of rotatable bonds is 4. The zero-order valence-corrected chi connectivity index (χ0v) is 18.5. The van der Waals surface area contributed by atoms with Crippen molar-refractivity contribution in [2.24, 2.45) is 0 Å². The van der Waals surface area contributed by atoms with Crippen LogP contribution in [0, 0.1) is 27.7 Å². The van der Waals surface area contributed by atoms with Gasteiger partial charge in [0.15, 0.2) is 12.6 Å². The molecule has 0 aliphatic carbocycles. The molecule has 32 heavy (non-hydrogen) atoms. The van der Waals surface area contributed by atoms with Gasteiger partial charge < -0.3 is 4.57 Å². The lowest BCUT2D eigenvalue weighted by atomic mass is 10.0. The number of benzene rings is 2. The molecule has 0 bridgehead atoms. The Balaban J connectivity index is 1.99. The summed E-state index contributed by atoms with van der Waals surface area (Å²) in [4.78, 5) is 24.6. The summed E-state index contributed by atoms with van der Waals surface area (Å²) < 4.78 is 3.84. The van der Waals surface area contributed by atoms with Gasteiger partial charge in [-0.3, -0.25) is 9.59 Å². The lowest BCUT2D eigenvalue weighted by molar-refractivity contribution is 0.111. The number of hydrogen-bond acceptors (Lipinski definition) is 3. The van der Waals surface area contributed by atoms with E-state index in [4.69, 9.17) is 5.10 Å². The third-order valence-electron chi connectivity index (χ3n) is 6.30. The fourth-order valence-corrected chi connectivity index (χ4v) is 4.92. The van der Waals surface area contributed by atoms with Gasteiger partial charge in [0.25, 0.3) is 0 Å². The van der Waals surface area contributed by atoms with E-state index in [0.717, 1.165) is 51.7 Å². The smallest absolute Gasteiger partial charge is 0.169 e. The molecule has 0 radical (unpaired) electrons. The van der Waals surface area contributed by atoms with Gasteiger partial charge in [0, 0.05) is 33.4 Å². The Kier molecular flexibility index (Phi) is 4.55. The molecule has 0 saturated carbocycles. The number of aldehydes is 2. The second-order valence-electron chi connectivity index (χ2n) is 8.21. The van der Waals surface area contributed by atoms with Gasteiger partial charge in [0.1, 0.15) is 5.69 Å². The summed E-state index contributed by atoms with van der Waals surface area (Å²) in [5.74, 6) is 0. The Bertz CT molecular complexity index is 1520. The minimum atomic E-state index is 0.387. The molecule has 0 unspecified atom stereocenters. The lowest BCUT2D eigenvalue weighted by Gasteiger charge is -2.09. The van der Waals surface area contributed by atoms with Crippen LogP contribution >= 0.6 is 0 Å². The van der Waals surface area contributed by atoms with Crippen molar-refractivity contribution in [2.75, 3.05) is 0 Å². The monoisotopic (exact) mass is 421 g/mol. The summed E-state index contributed by atoms with van der Waals surface area (Å²) in [5, 5.41) is 6.72. The highest BCUT2D eigenvalue weighted by Crippen LogP contribution is 2.39. The fourth-order valence-electron chi connectivity index (χ4n) is 4.92. The number of carbonyl (C=O) groups excluding carboxylic acids is 2. The van der Waals surface area contributed by atoms with Gasteiger partial charge in [-0.05, 0) is 45.4 Å². The third kappa shape index (κ3) is 2.67. The van der Waals surface area contributed by atoms with Crippen LogP contribution in [-0.4, -0.2) is 26.8 Å². The zero-order valence-electron chi connectivity index (χ0n) is 18.5. The Morgan fingerprint density at radius 1 is 0.781 bits per heavy atom. The van der Waals surface area contributed by atoms with Crippen LogP contribution in [0.3, 0.4) is 0 Å². The molecule has 5 aromatic rings. The first-order valence-electron chi connectivity index (χ1n) is 10.6. The Morgan fingerprint density at radius 2 is 1.44 bits per heavy atom. The molecular weight excluding hydrogens is 398 g/mol. The maximum atomic E-state index is 12.4. The lowest BCUT2D eigenvalue weighted by Crippen LogP contribution is -2.00. The zero-order chi connectivity index (χ0) is 22.6. The fraction of sp³-hybridized carbons (Fsp3) is 0.148. The minimum absolute atomic E-state index is 0.387. The van der Waals surface area contributed by atoms with Crippen molar-refractivity contribution in [3.8, 4) is 16.8 Å². The van der Waals surface area contributed by atoms with Crippen LogP contribution in [0.15, 0.2) is 54.6 Å². The molecule has 0 atom stereocenters. The first-order chi connectivity index (χ1) is 15.5. The maximum absolute atomic E-state index is 12.4. The summed E-state index contributed by atoms with van der Waals surface area (Å²) >= 11 is 0. The predicted octanol–water partition coefficient (Wildman–Crippen LogP) is 5.80. The molecular formula is C27H23N3O2. The summed E-state index contributed by atoms with van der Waals surface area (Å²) in [6.45, 7) is 8.14. The van der Waals surface area contributed by atoms with Gasteiger partial charge in [0.05, 0.1) is 16.8 Å². The number of aromatic nitrogens is 3. The molecule has 3 aromatic heterocycles. The summed E-state index contributed by atoms with van der Waals surface area (Å²) in [5.41, 5.74) is 8.11. The van der Waals surface area contributed by atoms with E-state index >= 15 is 0 Å². The van der Waals surface area contributed by atoms with Crippen LogP contribution in [0.5, 0.6) is 0 Å². The van der Waals surface area contributed by atoms with Crippen LogP contribution in [0.1, 0.15) is 43.5 Å². The Labute approximate surface area is 185 Å². The highest BCUT2D eigenvalue weighted by atomic mass is 16.1. The van der Waals surface area contributed by atoms with E-state index in [1.54, 1.807) is 4.52 Å². The molecule has 0 amide bonds. The number of carbonyl (C=O) groups is 2. The SMILES string of the molecule is Cc1ccc(-n2c(C)c3c(C)nn4c(C=O)c(-c5ccccc5)c(C=O)c4c3c2C)cc1. The quantitative estimate of drug-likeness (QED) is 0.344. The minimum Gasteiger partial charge on any atom is -0.317 e. The molecule has 0 fully saturated rings. The van der Waals surface area contributed by atoms with E-state index in [0.29, 0.717) is 22.3 Å². The van der Waals surface area contributed by atoms with Crippen LogP contribution < -0.4 is 0 Å². The van der Waals surface area contributed by atoms with Crippen molar-refractivity contribution in [3.63, 3.8) is 0 Å². The number of fused-ring (bicyclic) bond motifs is 3. The standard InChI is InChI=1S/C27H23N3O2/c1-16-10-12-21(13-11-16)29-18(3)24-17(2)28-30-23(15-32)26(20-8-6-5-7-9-20)22(14-31)27(30)25(24)19(29)4/h5-15H,1-4H3. The molecule has 0 aliphatic rings. The second-order valence-corrected chi connectivity index (χ2v) is 8.21. The third-order valence-corrected chi connectivity index (χ3v) is 6.30. The summed E-state index contributed by atoms with van der Waals surface area (Å²) in [6, 6.07) is 17.9. The molecule has 0 N–H and O–H groups in total. The van der Waals surface area contributed by atoms with Gasteiger partial charge in [-0.1, -0.05) is 48.0 Å². The van der Waals surface area contributed by atoms with E-state index in [1.165, 1.54) is 5.56 Å². The first-order valence-corrected chi connectivity index (χ1v) is 10.6. The average Bonchev–Trinajstić information content (AvgIpc) is 3.26. The van der Waals surface area contributed by atoms with Gasteiger partial charge in [-0.25, -0.2) is 4.52 Å². The highest BCUT2D eigenvalue weighted by Gasteiger charge is 2.26. The normalized spacial score (nSPS) is 11.4. The van der Waals surface area contributed by atoms with Crippen molar-refractivity contribution in [2.45, 2.75) is 27.7 Å². The Hall–Kier alpha value is -3.99. The van der Waals surface area contributed by atoms with Gasteiger partial charge in [0.2, 0.25) is 0 Å². The topological polar surface area (TPSA) is 56.4 Å². The molecule has 2 aromatic carbocycles. The second kappa shape index (κ2) is 7.31. The number of aryl methyl sites for hydroxylation is 4. The molecule has 0 spiro atoms. The predicted molar refractivity (Wildman–Crippen MR) is 127 cm³/mol. The van der Waals surface area contributed by atoms with E-state index < -0.39 is 0 Å². The van der Waals surface area contributed by atoms with Crippen LogP contribution in [-0.2, 0) is 0 Å². The van der Waals surface area contributed by atoms with Crippen LogP contribution in [0.25, 0.3) is 33.1 Å².